The zero-order valence-electron chi connectivity index (χ0n) is 12.7. The molecule has 7 heteroatoms. The summed E-state index contributed by atoms with van der Waals surface area (Å²) in [4.78, 5) is 13.4. The number of aryl methyl sites for hydroxylation is 2. The molecule has 0 fully saturated rings. The van der Waals surface area contributed by atoms with Crippen molar-refractivity contribution in [3.63, 3.8) is 0 Å². The summed E-state index contributed by atoms with van der Waals surface area (Å²) < 4.78 is 13.2. The van der Waals surface area contributed by atoms with E-state index in [9.17, 15) is 9.18 Å². The number of benzene rings is 1. The van der Waals surface area contributed by atoms with Crippen LogP contribution in [0.15, 0.2) is 24.3 Å². The van der Waals surface area contributed by atoms with E-state index in [0.717, 1.165) is 16.6 Å². The number of nitrogens with one attached hydrogen (secondary N) is 1. The van der Waals surface area contributed by atoms with Crippen LogP contribution in [0.3, 0.4) is 0 Å². The van der Waals surface area contributed by atoms with Crippen LogP contribution in [0, 0.1) is 19.7 Å². The highest BCUT2D eigenvalue weighted by Crippen LogP contribution is 2.34. The van der Waals surface area contributed by atoms with Gasteiger partial charge in [0, 0.05) is 11.9 Å². The summed E-state index contributed by atoms with van der Waals surface area (Å²) in [7, 11) is 0. The molecule has 0 spiro atoms. The van der Waals surface area contributed by atoms with Gasteiger partial charge in [-0.2, -0.15) is 5.10 Å². The van der Waals surface area contributed by atoms with Crippen LogP contribution in [-0.2, 0) is 6.54 Å². The molecule has 0 unspecified atom stereocenters. The lowest BCUT2D eigenvalue weighted by molar-refractivity contribution is 0.0956. The molecule has 0 saturated heterocycles. The summed E-state index contributed by atoms with van der Waals surface area (Å²) in [6.07, 6.45) is 0. The summed E-state index contributed by atoms with van der Waals surface area (Å²) in [6, 6.07) is 6.09. The Hall–Kier alpha value is -2.54. The highest BCUT2D eigenvalue weighted by atomic mass is 32.1. The van der Waals surface area contributed by atoms with E-state index in [1.807, 2.05) is 13.8 Å². The van der Waals surface area contributed by atoms with E-state index in [4.69, 9.17) is 5.73 Å². The van der Waals surface area contributed by atoms with Crippen LogP contribution in [0.4, 0.5) is 10.1 Å². The molecule has 118 valence electrons. The first kappa shape index (κ1) is 15.4. The van der Waals surface area contributed by atoms with E-state index in [1.54, 1.807) is 12.1 Å². The number of carbonyl (C=O) groups is 1. The number of aromatic nitrogens is 2. The van der Waals surface area contributed by atoms with E-state index < -0.39 is 0 Å². The Bertz CT molecular complexity index is 906. The average Bonchev–Trinajstić information content (AvgIpc) is 2.86. The predicted octanol–water partition coefficient (Wildman–Crippen LogP) is 2.96. The molecular weight excluding hydrogens is 315 g/mol. The zero-order valence-corrected chi connectivity index (χ0v) is 13.5. The first-order chi connectivity index (χ1) is 11.0. The minimum Gasteiger partial charge on any atom is -0.397 e. The van der Waals surface area contributed by atoms with Crippen LogP contribution < -0.4 is 11.1 Å². The number of rotatable bonds is 3. The molecule has 1 aromatic carbocycles. The fraction of sp³-hybridized carbons (Fsp3) is 0.188. The number of hydrogen-bond donors (Lipinski definition) is 2. The van der Waals surface area contributed by atoms with Gasteiger partial charge in [-0.25, -0.2) is 4.39 Å². The summed E-state index contributed by atoms with van der Waals surface area (Å²) in [5.74, 6) is -0.633. The maximum atomic E-state index is 13.2. The maximum absolute atomic E-state index is 13.2. The van der Waals surface area contributed by atoms with Crippen LogP contribution >= 0.6 is 11.3 Å². The molecule has 23 heavy (non-hydrogen) atoms. The third-order valence-corrected chi connectivity index (χ3v) is 4.77. The molecule has 3 N–H and O–H groups in total. The van der Waals surface area contributed by atoms with Crippen molar-refractivity contribution in [1.82, 2.24) is 15.5 Å². The van der Waals surface area contributed by atoms with Crippen LogP contribution in [0.1, 0.15) is 26.5 Å². The first-order valence-electron chi connectivity index (χ1n) is 7.02. The number of halogens is 1. The van der Waals surface area contributed by atoms with Crippen LogP contribution in [0.5, 0.6) is 0 Å². The van der Waals surface area contributed by atoms with Crippen LogP contribution in [0.2, 0.25) is 0 Å². The van der Waals surface area contributed by atoms with Crippen molar-refractivity contribution in [2.75, 3.05) is 5.73 Å². The number of thiophene rings is 1. The van der Waals surface area contributed by atoms with E-state index >= 15 is 0 Å². The van der Waals surface area contributed by atoms with E-state index in [-0.39, 0.29) is 18.3 Å². The van der Waals surface area contributed by atoms with Gasteiger partial charge in [-0.3, -0.25) is 4.79 Å². The zero-order chi connectivity index (χ0) is 16.6. The van der Waals surface area contributed by atoms with Crippen molar-refractivity contribution < 1.29 is 9.18 Å². The van der Waals surface area contributed by atoms with Gasteiger partial charge in [0.2, 0.25) is 0 Å². The van der Waals surface area contributed by atoms with E-state index in [2.05, 4.69) is 15.5 Å². The van der Waals surface area contributed by atoms with Crippen molar-refractivity contribution in [3.05, 3.63) is 51.8 Å². The lowest BCUT2D eigenvalue weighted by atomic mass is 10.1. The molecule has 0 radical (unpaired) electrons. The second kappa shape index (κ2) is 5.92. The largest absolute Gasteiger partial charge is 0.397 e. The number of carbonyl (C=O) groups excluding carboxylic acids is 1. The number of anilines is 1. The van der Waals surface area contributed by atoms with Gasteiger partial charge in [0.25, 0.3) is 5.91 Å². The van der Waals surface area contributed by atoms with Gasteiger partial charge in [0.1, 0.15) is 15.5 Å². The molecule has 5 nitrogen and oxygen atoms in total. The Balaban J connectivity index is 1.87. The maximum Gasteiger partial charge on any atom is 0.263 e. The van der Waals surface area contributed by atoms with Crippen molar-refractivity contribution in [2.24, 2.45) is 0 Å². The second-order valence-corrected chi connectivity index (χ2v) is 6.25. The quantitative estimate of drug-likeness (QED) is 0.773. The molecule has 3 aromatic rings. The fourth-order valence-electron chi connectivity index (χ4n) is 2.32. The summed E-state index contributed by atoms with van der Waals surface area (Å²) >= 11 is 1.21. The molecule has 0 atom stereocenters. The van der Waals surface area contributed by atoms with Gasteiger partial charge in [-0.05, 0) is 37.1 Å². The van der Waals surface area contributed by atoms with Gasteiger partial charge in [0.05, 0.1) is 11.4 Å². The van der Waals surface area contributed by atoms with E-state index in [1.165, 1.54) is 23.5 Å². The van der Waals surface area contributed by atoms with Gasteiger partial charge in [-0.15, -0.1) is 16.4 Å². The fourth-order valence-corrected chi connectivity index (χ4v) is 3.34. The number of nitrogens with two attached hydrogens (primary N) is 1. The lowest BCUT2D eigenvalue weighted by Gasteiger charge is -2.05. The Kier molecular flexibility index (Phi) is 3.96. The number of amides is 1. The SMILES string of the molecule is Cc1nnc2sc(C(=O)NCc3cccc(F)c3)c(N)c2c1C. The number of nitrogen functional groups attached to an aromatic ring is 1. The van der Waals surface area contributed by atoms with Gasteiger partial charge >= 0.3 is 0 Å². The van der Waals surface area contributed by atoms with Gasteiger partial charge < -0.3 is 11.1 Å². The molecule has 2 heterocycles. The normalized spacial score (nSPS) is 10.9. The number of fused-ring (bicyclic) bond motifs is 1. The predicted molar refractivity (Wildman–Crippen MR) is 88.9 cm³/mol. The van der Waals surface area contributed by atoms with Crippen molar-refractivity contribution in [1.29, 1.82) is 0 Å². The minimum atomic E-state index is -0.334. The minimum absolute atomic E-state index is 0.230. The Morgan fingerprint density at radius 2 is 2.13 bits per heavy atom. The topological polar surface area (TPSA) is 80.9 Å². The van der Waals surface area contributed by atoms with E-state index in [0.29, 0.717) is 21.0 Å². The first-order valence-corrected chi connectivity index (χ1v) is 7.83. The van der Waals surface area contributed by atoms with Crippen LogP contribution in [0.25, 0.3) is 10.2 Å². The highest BCUT2D eigenvalue weighted by molar-refractivity contribution is 7.21. The third kappa shape index (κ3) is 2.87. The summed E-state index contributed by atoms with van der Waals surface area (Å²) in [5.41, 5.74) is 8.93. The van der Waals surface area contributed by atoms with Crippen molar-refractivity contribution in [3.8, 4) is 0 Å². The second-order valence-electron chi connectivity index (χ2n) is 5.25. The third-order valence-electron chi connectivity index (χ3n) is 3.68. The molecule has 1 amide bonds. The number of nitrogens with zero attached hydrogens (tertiary/aromatic N) is 2. The highest BCUT2D eigenvalue weighted by Gasteiger charge is 2.19. The Labute approximate surface area is 136 Å². The average molecular weight is 330 g/mol. The molecular formula is C16H15FN4OS. The van der Waals surface area contributed by atoms with Gasteiger partial charge in [0.15, 0.2) is 0 Å². The van der Waals surface area contributed by atoms with Crippen molar-refractivity contribution in [2.45, 2.75) is 20.4 Å². The smallest absolute Gasteiger partial charge is 0.263 e. The van der Waals surface area contributed by atoms with Gasteiger partial charge in [-0.1, -0.05) is 12.1 Å². The molecule has 2 aromatic heterocycles. The van der Waals surface area contributed by atoms with Crippen LogP contribution in [-0.4, -0.2) is 16.1 Å². The molecule has 0 aliphatic heterocycles. The Morgan fingerprint density at radius 1 is 1.35 bits per heavy atom. The Morgan fingerprint density at radius 3 is 2.87 bits per heavy atom. The molecule has 0 saturated carbocycles. The number of hydrogen-bond acceptors (Lipinski definition) is 5. The molecule has 0 aliphatic rings. The summed E-state index contributed by atoms with van der Waals surface area (Å²) in [5, 5.41) is 11.7. The monoisotopic (exact) mass is 330 g/mol. The molecule has 0 bridgehead atoms. The molecule has 0 aliphatic carbocycles. The molecule has 3 rings (SSSR count). The standard InChI is InChI=1S/C16H15FN4OS/c1-8-9(2)20-21-16-12(8)13(18)14(23-16)15(22)19-7-10-4-3-5-11(17)6-10/h3-6H,7,18H2,1-2H3,(H,19,22). The summed E-state index contributed by atoms with van der Waals surface area (Å²) in [6.45, 7) is 3.99. The lowest BCUT2D eigenvalue weighted by Crippen LogP contribution is -2.22. The van der Waals surface area contributed by atoms with Crippen molar-refractivity contribution >= 4 is 33.1 Å².